The van der Waals surface area contributed by atoms with Crippen LogP contribution in [0.3, 0.4) is 0 Å². The molecule has 7 heteroatoms. The van der Waals surface area contributed by atoms with Crippen LogP contribution in [0.5, 0.6) is 11.5 Å². The Hall–Kier alpha value is -2.02. The van der Waals surface area contributed by atoms with Crippen LogP contribution in [0, 0.1) is 4.77 Å². The van der Waals surface area contributed by atoms with Gasteiger partial charge in [0.05, 0.1) is 18.9 Å². The highest BCUT2D eigenvalue weighted by atomic mass is 32.1. The van der Waals surface area contributed by atoms with Crippen molar-refractivity contribution in [2.24, 2.45) is 0 Å². The van der Waals surface area contributed by atoms with Gasteiger partial charge in [-0.3, -0.25) is 4.57 Å². The van der Waals surface area contributed by atoms with Gasteiger partial charge in [0.15, 0.2) is 11.5 Å². The van der Waals surface area contributed by atoms with Crippen LogP contribution >= 0.6 is 12.2 Å². The molecule has 0 atom stereocenters. The van der Waals surface area contributed by atoms with Crippen LogP contribution in [0.1, 0.15) is 6.42 Å². The zero-order valence-corrected chi connectivity index (χ0v) is 10.4. The van der Waals surface area contributed by atoms with Crippen molar-refractivity contribution in [2.75, 3.05) is 18.9 Å². The number of aromatic nitrogens is 3. The molecule has 2 heterocycles. The number of H-pyrrole nitrogens is 1. The molecule has 3 rings (SSSR count). The van der Waals surface area contributed by atoms with Crippen molar-refractivity contribution >= 4 is 18.2 Å². The average molecular weight is 264 g/mol. The van der Waals surface area contributed by atoms with E-state index in [9.17, 15) is 0 Å². The van der Waals surface area contributed by atoms with Crippen LogP contribution in [-0.4, -0.2) is 28.0 Å². The standard InChI is InChI=1S/C11H12N4O2S/c12-10-13-14-11(18)15(10)7-2-3-8-9(6-7)17-5-1-4-16-8/h2-3,6H,1,4-5H2,(H2,12,13)(H,14,18). The molecule has 18 heavy (non-hydrogen) atoms. The third kappa shape index (κ3) is 1.82. The molecule has 0 aliphatic carbocycles. The highest BCUT2D eigenvalue weighted by molar-refractivity contribution is 7.71. The summed E-state index contributed by atoms with van der Waals surface area (Å²) in [6.07, 6.45) is 0.872. The van der Waals surface area contributed by atoms with E-state index in [1.807, 2.05) is 18.2 Å². The number of nitrogens with zero attached hydrogens (tertiary/aromatic N) is 2. The van der Waals surface area contributed by atoms with Gasteiger partial charge in [-0.15, -0.1) is 5.10 Å². The number of nitrogen functional groups attached to an aromatic ring is 1. The molecule has 1 aromatic heterocycles. The maximum atomic E-state index is 5.76. The van der Waals surface area contributed by atoms with E-state index in [0.717, 1.165) is 17.9 Å². The summed E-state index contributed by atoms with van der Waals surface area (Å²) in [7, 11) is 0. The van der Waals surface area contributed by atoms with E-state index in [-0.39, 0.29) is 0 Å². The smallest absolute Gasteiger partial charge is 0.225 e. The molecule has 0 spiro atoms. The predicted molar refractivity (Wildman–Crippen MR) is 68.8 cm³/mol. The van der Waals surface area contributed by atoms with Crippen LogP contribution < -0.4 is 15.2 Å². The number of anilines is 1. The van der Waals surface area contributed by atoms with Gasteiger partial charge in [-0.05, 0) is 24.4 Å². The second kappa shape index (κ2) is 4.34. The van der Waals surface area contributed by atoms with Crippen LogP contribution in [0.4, 0.5) is 5.95 Å². The molecule has 0 bridgehead atoms. The molecule has 1 aliphatic rings. The van der Waals surface area contributed by atoms with Gasteiger partial charge in [0.2, 0.25) is 10.7 Å². The van der Waals surface area contributed by atoms with Crippen LogP contribution in [0.2, 0.25) is 0 Å². The zero-order valence-electron chi connectivity index (χ0n) is 9.55. The first-order valence-electron chi connectivity index (χ1n) is 5.58. The minimum Gasteiger partial charge on any atom is -0.490 e. The Labute approximate surface area is 108 Å². The first kappa shape index (κ1) is 11.1. The second-order valence-corrected chi connectivity index (χ2v) is 4.29. The fourth-order valence-electron chi connectivity index (χ4n) is 1.85. The van der Waals surface area contributed by atoms with E-state index in [0.29, 0.717) is 29.7 Å². The molecule has 94 valence electrons. The number of benzene rings is 1. The summed E-state index contributed by atoms with van der Waals surface area (Å²) >= 11 is 5.13. The van der Waals surface area contributed by atoms with Crippen molar-refractivity contribution in [2.45, 2.75) is 6.42 Å². The fourth-order valence-corrected chi connectivity index (χ4v) is 2.09. The lowest BCUT2D eigenvalue weighted by molar-refractivity contribution is 0.297. The van der Waals surface area contributed by atoms with Crippen molar-refractivity contribution in [3.05, 3.63) is 23.0 Å². The molecule has 1 aromatic carbocycles. The van der Waals surface area contributed by atoms with Crippen molar-refractivity contribution < 1.29 is 9.47 Å². The van der Waals surface area contributed by atoms with E-state index in [1.54, 1.807) is 4.57 Å². The summed E-state index contributed by atoms with van der Waals surface area (Å²) in [5.41, 5.74) is 6.56. The number of hydrogen-bond donors (Lipinski definition) is 2. The minimum atomic E-state index is 0.314. The number of nitrogens with one attached hydrogen (secondary N) is 1. The predicted octanol–water partition coefficient (Wildman–Crippen LogP) is 1.67. The van der Waals surface area contributed by atoms with Gasteiger partial charge < -0.3 is 15.2 Å². The van der Waals surface area contributed by atoms with Crippen molar-refractivity contribution in [3.8, 4) is 17.2 Å². The summed E-state index contributed by atoms with van der Waals surface area (Å²) in [5.74, 6) is 1.76. The summed E-state index contributed by atoms with van der Waals surface area (Å²) in [6, 6.07) is 5.57. The van der Waals surface area contributed by atoms with Crippen LogP contribution in [0.15, 0.2) is 18.2 Å². The van der Waals surface area contributed by atoms with Crippen molar-refractivity contribution in [1.82, 2.24) is 14.8 Å². The topological polar surface area (TPSA) is 78.1 Å². The number of ether oxygens (including phenoxy) is 2. The summed E-state index contributed by atoms with van der Waals surface area (Å²) in [5, 5.41) is 6.52. The zero-order chi connectivity index (χ0) is 12.5. The maximum absolute atomic E-state index is 5.76. The Balaban J connectivity index is 2.10. The molecule has 3 N–H and O–H groups in total. The number of fused-ring (bicyclic) bond motifs is 1. The normalized spacial score (nSPS) is 14.2. The molecule has 0 amide bonds. The Bertz CT molecular complexity index is 634. The largest absolute Gasteiger partial charge is 0.490 e. The molecule has 1 aliphatic heterocycles. The summed E-state index contributed by atoms with van der Waals surface area (Å²) in [6.45, 7) is 1.31. The van der Waals surface area contributed by atoms with Crippen molar-refractivity contribution in [3.63, 3.8) is 0 Å². The lowest BCUT2D eigenvalue weighted by atomic mass is 10.2. The SMILES string of the molecule is Nc1n[nH]c(=S)n1-c1ccc2c(c1)OCCCO2. The van der Waals surface area contributed by atoms with E-state index >= 15 is 0 Å². The monoisotopic (exact) mass is 264 g/mol. The minimum absolute atomic E-state index is 0.314. The maximum Gasteiger partial charge on any atom is 0.225 e. The van der Waals surface area contributed by atoms with Gasteiger partial charge in [-0.25, -0.2) is 5.10 Å². The average Bonchev–Trinajstić information content (AvgIpc) is 2.59. The molecule has 0 radical (unpaired) electrons. The number of rotatable bonds is 1. The molecule has 0 fully saturated rings. The molecule has 6 nitrogen and oxygen atoms in total. The molecule has 0 saturated carbocycles. The van der Waals surface area contributed by atoms with E-state index < -0.39 is 0 Å². The molecule has 0 saturated heterocycles. The Morgan fingerprint density at radius 2 is 2.06 bits per heavy atom. The van der Waals surface area contributed by atoms with E-state index in [4.69, 9.17) is 27.4 Å². The van der Waals surface area contributed by atoms with E-state index in [1.165, 1.54) is 0 Å². The quantitative estimate of drug-likeness (QED) is 0.766. The Morgan fingerprint density at radius 3 is 2.78 bits per heavy atom. The van der Waals surface area contributed by atoms with Gasteiger partial charge in [-0.1, -0.05) is 0 Å². The molecule has 0 unspecified atom stereocenters. The third-order valence-electron chi connectivity index (χ3n) is 2.69. The second-order valence-electron chi connectivity index (χ2n) is 3.90. The fraction of sp³-hybridized carbons (Fsp3) is 0.273. The van der Waals surface area contributed by atoms with Gasteiger partial charge in [-0.2, -0.15) is 0 Å². The Kier molecular flexibility index (Phi) is 2.67. The molecular formula is C11H12N4O2S. The van der Waals surface area contributed by atoms with Gasteiger partial charge in [0.1, 0.15) is 0 Å². The number of hydrogen-bond acceptors (Lipinski definition) is 5. The van der Waals surface area contributed by atoms with Gasteiger partial charge >= 0.3 is 0 Å². The lowest BCUT2D eigenvalue weighted by Gasteiger charge is -2.10. The highest BCUT2D eigenvalue weighted by Gasteiger charge is 2.13. The summed E-state index contributed by atoms with van der Waals surface area (Å²) < 4.78 is 13.3. The lowest BCUT2D eigenvalue weighted by Crippen LogP contribution is -2.01. The van der Waals surface area contributed by atoms with E-state index in [2.05, 4.69) is 10.2 Å². The first-order chi connectivity index (χ1) is 8.75. The Morgan fingerprint density at radius 1 is 1.28 bits per heavy atom. The number of nitrogens with two attached hydrogens (primary N) is 1. The third-order valence-corrected chi connectivity index (χ3v) is 2.96. The molecule has 2 aromatic rings. The first-order valence-corrected chi connectivity index (χ1v) is 5.99. The molecular weight excluding hydrogens is 252 g/mol. The van der Waals surface area contributed by atoms with Crippen LogP contribution in [-0.2, 0) is 0 Å². The summed E-state index contributed by atoms with van der Waals surface area (Å²) in [4.78, 5) is 0. The van der Waals surface area contributed by atoms with Gasteiger partial charge in [0, 0.05) is 12.5 Å². The highest BCUT2D eigenvalue weighted by Crippen LogP contribution is 2.32. The van der Waals surface area contributed by atoms with Crippen molar-refractivity contribution in [1.29, 1.82) is 0 Å². The number of aromatic amines is 1. The van der Waals surface area contributed by atoms with Gasteiger partial charge in [0.25, 0.3) is 0 Å². The van der Waals surface area contributed by atoms with Crippen LogP contribution in [0.25, 0.3) is 5.69 Å².